The zero-order valence-electron chi connectivity index (χ0n) is 13.6. The molecular weight excluding hydrogens is 304 g/mol. The van der Waals surface area contributed by atoms with Gasteiger partial charge in [-0.1, -0.05) is 12.1 Å². The van der Waals surface area contributed by atoms with Gasteiger partial charge in [-0.3, -0.25) is 4.79 Å². The van der Waals surface area contributed by atoms with Crippen LogP contribution in [0.5, 0.6) is 5.75 Å². The quantitative estimate of drug-likeness (QED) is 0.890. The van der Waals surface area contributed by atoms with E-state index < -0.39 is 0 Å². The number of rotatable bonds is 4. The Bertz CT molecular complexity index is 774. The predicted octanol–water partition coefficient (Wildman–Crippen LogP) is 1.46. The van der Waals surface area contributed by atoms with Crippen molar-refractivity contribution < 1.29 is 4.74 Å². The molecule has 6 nitrogen and oxygen atoms in total. The molecule has 3 heterocycles. The van der Waals surface area contributed by atoms with Gasteiger partial charge in [-0.25, -0.2) is 4.98 Å². The molecule has 1 aromatic carbocycles. The molecule has 4 rings (SSSR count). The fraction of sp³-hybridized carbons (Fsp3) is 0.444. The summed E-state index contributed by atoms with van der Waals surface area (Å²) in [5, 5.41) is 3.63. The SMILES string of the molecule is O=c1[nH]ccnc1N1CCCC(NCc2ccc3c(c2)CCO3)C1. The highest BCUT2D eigenvalue weighted by Crippen LogP contribution is 2.26. The Labute approximate surface area is 140 Å². The van der Waals surface area contributed by atoms with E-state index in [1.807, 2.05) is 0 Å². The normalized spacial score (nSPS) is 19.8. The summed E-state index contributed by atoms with van der Waals surface area (Å²) in [7, 11) is 0. The van der Waals surface area contributed by atoms with Crippen molar-refractivity contribution in [3.05, 3.63) is 52.1 Å². The molecular formula is C18H22N4O2. The number of ether oxygens (including phenoxy) is 1. The predicted molar refractivity (Wildman–Crippen MR) is 92.6 cm³/mol. The van der Waals surface area contributed by atoms with E-state index in [0.717, 1.165) is 51.3 Å². The first-order valence-corrected chi connectivity index (χ1v) is 8.56. The topological polar surface area (TPSA) is 70.2 Å². The van der Waals surface area contributed by atoms with E-state index in [9.17, 15) is 4.79 Å². The number of benzene rings is 1. The van der Waals surface area contributed by atoms with Gasteiger partial charge in [-0.05, 0) is 30.0 Å². The van der Waals surface area contributed by atoms with E-state index in [1.165, 1.54) is 11.1 Å². The smallest absolute Gasteiger partial charge is 0.290 e. The van der Waals surface area contributed by atoms with E-state index in [4.69, 9.17) is 4.74 Å². The van der Waals surface area contributed by atoms with E-state index >= 15 is 0 Å². The molecule has 2 N–H and O–H groups in total. The lowest BCUT2D eigenvalue weighted by Crippen LogP contribution is -2.47. The fourth-order valence-electron chi connectivity index (χ4n) is 3.52. The van der Waals surface area contributed by atoms with E-state index in [0.29, 0.717) is 11.9 Å². The van der Waals surface area contributed by atoms with Crippen LogP contribution in [0.1, 0.15) is 24.0 Å². The summed E-state index contributed by atoms with van der Waals surface area (Å²) < 4.78 is 5.56. The van der Waals surface area contributed by atoms with Crippen LogP contribution in [0.2, 0.25) is 0 Å². The zero-order valence-corrected chi connectivity index (χ0v) is 13.6. The number of fused-ring (bicyclic) bond motifs is 1. The number of piperidine rings is 1. The molecule has 6 heteroatoms. The average molecular weight is 326 g/mol. The highest BCUT2D eigenvalue weighted by molar-refractivity contribution is 5.40. The molecule has 2 aromatic rings. The average Bonchev–Trinajstić information content (AvgIpc) is 3.08. The van der Waals surface area contributed by atoms with Crippen LogP contribution in [0.25, 0.3) is 0 Å². The van der Waals surface area contributed by atoms with E-state index in [1.54, 1.807) is 12.4 Å². The Morgan fingerprint density at radius 2 is 2.38 bits per heavy atom. The van der Waals surface area contributed by atoms with Gasteiger partial charge >= 0.3 is 0 Å². The maximum atomic E-state index is 11.9. The number of nitrogens with one attached hydrogen (secondary N) is 2. The third kappa shape index (κ3) is 3.14. The van der Waals surface area contributed by atoms with Crippen LogP contribution >= 0.6 is 0 Å². The van der Waals surface area contributed by atoms with Gasteiger partial charge in [0.1, 0.15) is 5.75 Å². The summed E-state index contributed by atoms with van der Waals surface area (Å²) in [6.07, 6.45) is 6.40. The van der Waals surface area contributed by atoms with Gasteiger partial charge in [-0.15, -0.1) is 0 Å². The first-order chi connectivity index (χ1) is 11.8. The molecule has 0 amide bonds. The van der Waals surface area contributed by atoms with Crippen molar-refractivity contribution in [3.8, 4) is 5.75 Å². The maximum Gasteiger partial charge on any atom is 0.290 e. The minimum absolute atomic E-state index is 0.114. The van der Waals surface area contributed by atoms with Crippen molar-refractivity contribution in [2.24, 2.45) is 0 Å². The number of aromatic nitrogens is 2. The van der Waals surface area contributed by atoms with Gasteiger partial charge in [0.15, 0.2) is 5.82 Å². The molecule has 0 radical (unpaired) electrons. The molecule has 1 aromatic heterocycles. The van der Waals surface area contributed by atoms with Crippen LogP contribution in [0, 0.1) is 0 Å². The van der Waals surface area contributed by atoms with Crippen LogP contribution in [0.15, 0.2) is 35.4 Å². The second kappa shape index (κ2) is 6.65. The molecule has 1 atom stereocenters. The summed E-state index contributed by atoms with van der Waals surface area (Å²) in [5.74, 6) is 1.55. The van der Waals surface area contributed by atoms with Crippen LogP contribution in [0.4, 0.5) is 5.82 Å². The molecule has 2 aliphatic heterocycles. The second-order valence-electron chi connectivity index (χ2n) is 6.45. The van der Waals surface area contributed by atoms with Crippen molar-refractivity contribution in [3.63, 3.8) is 0 Å². The molecule has 0 bridgehead atoms. The number of hydrogen-bond donors (Lipinski definition) is 2. The highest BCUT2D eigenvalue weighted by atomic mass is 16.5. The minimum Gasteiger partial charge on any atom is -0.493 e. The van der Waals surface area contributed by atoms with Gasteiger partial charge in [0.05, 0.1) is 6.61 Å². The molecule has 1 saturated heterocycles. The van der Waals surface area contributed by atoms with Crippen LogP contribution in [-0.4, -0.2) is 35.7 Å². The highest BCUT2D eigenvalue weighted by Gasteiger charge is 2.22. The van der Waals surface area contributed by atoms with Gasteiger partial charge in [-0.2, -0.15) is 0 Å². The molecule has 1 unspecified atom stereocenters. The van der Waals surface area contributed by atoms with Crippen molar-refractivity contribution >= 4 is 5.82 Å². The molecule has 24 heavy (non-hydrogen) atoms. The van der Waals surface area contributed by atoms with E-state index in [-0.39, 0.29) is 5.56 Å². The van der Waals surface area contributed by atoms with Crippen LogP contribution in [-0.2, 0) is 13.0 Å². The monoisotopic (exact) mass is 326 g/mol. The number of H-pyrrole nitrogens is 1. The third-order valence-electron chi connectivity index (χ3n) is 4.76. The van der Waals surface area contributed by atoms with Gasteiger partial charge in [0, 0.05) is 44.5 Å². The number of aromatic amines is 1. The molecule has 126 valence electrons. The standard InChI is InChI=1S/C18H22N4O2/c23-18-17(19-6-7-20-18)22-8-1-2-15(12-22)21-11-13-3-4-16-14(10-13)5-9-24-16/h3-4,6-7,10,15,21H,1-2,5,8-9,11-12H2,(H,20,23). The van der Waals surface area contributed by atoms with Crippen molar-refractivity contribution in [1.82, 2.24) is 15.3 Å². The van der Waals surface area contributed by atoms with Gasteiger partial charge < -0.3 is 19.9 Å². The Morgan fingerprint density at radius 1 is 1.42 bits per heavy atom. The lowest BCUT2D eigenvalue weighted by Gasteiger charge is -2.33. The Kier molecular flexibility index (Phi) is 4.21. The minimum atomic E-state index is -0.114. The van der Waals surface area contributed by atoms with Crippen molar-refractivity contribution in [1.29, 1.82) is 0 Å². The van der Waals surface area contributed by atoms with Crippen molar-refractivity contribution in [2.75, 3.05) is 24.6 Å². The third-order valence-corrected chi connectivity index (χ3v) is 4.76. The summed E-state index contributed by atoms with van der Waals surface area (Å²) in [5.41, 5.74) is 2.48. The Morgan fingerprint density at radius 3 is 3.29 bits per heavy atom. The van der Waals surface area contributed by atoms with Crippen LogP contribution < -0.4 is 20.5 Å². The molecule has 0 saturated carbocycles. The molecule has 0 spiro atoms. The van der Waals surface area contributed by atoms with Crippen molar-refractivity contribution in [2.45, 2.75) is 31.8 Å². The van der Waals surface area contributed by atoms with E-state index in [2.05, 4.69) is 38.4 Å². The largest absolute Gasteiger partial charge is 0.493 e. The Hall–Kier alpha value is -2.34. The summed E-state index contributed by atoms with van der Waals surface area (Å²) in [4.78, 5) is 20.9. The summed E-state index contributed by atoms with van der Waals surface area (Å²) >= 11 is 0. The zero-order chi connectivity index (χ0) is 16.4. The Balaban J connectivity index is 1.38. The number of anilines is 1. The lowest BCUT2D eigenvalue weighted by molar-refractivity contribution is 0.356. The summed E-state index contributed by atoms with van der Waals surface area (Å²) in [6, 6.07) is 6.80. The van der Waals surface area contributed by atoms with Gasteiger partial charge in [0.2, 0.25) is 0 Å². The fourth-order valence-corrected chi connectivity index (χ4v) is 3.52. The molecule has 2 aliphatic rings. The van der Waals surface area contributed by atoms with Gasteiger partial charge in [0.25, 0.3) is 5.56 Å². The number of hydrogen-bond acceptors (Lipinski definition) is 5. The first kappa shape index (κ1) is 15.2. The second-order valence-corrected chi connectivity index (χ2v) is 6.45. The summed E-state index contributed by atoms with van der Waals surface area (Å²) in [6.45, 7) is 3.33. The maximum absolute atomic E-state index is 11.9. The molecule has 0 aliphatic carbocycles. The van der Waals surface area contributed by atoms with Crippen LogP contribution in [0.3, 0.4) is 0 Å². The molecule has 1 fully saturated rings. The number of nitrogens with zero attached hydrogens (tertiary/aromatic N) is 2. The first-order valence-electron chi connectivity index (χ1n) is 8.56. The lowest BCUT2D eigenvalue weighted by atomic mass is 10.0.